The Hall–Kier alpha value is -2.99. The average Bonchev–Trinajstić information content (AvgIpc) is 3.20. The predicted molar refractivity (Wildman–Crippen MR) is 135 cm³/mol. The number of nitrogens with one attached hydrogen (secondary N) is 1. The van der Waals surface area contributed by atoms with Crippen molar-refractivity contribution in [3.8, 4) is 11.5 Å². The number of guanidine groups is 1. The topological polar surface area (TPSA) is 154 Å². The molecule has 2 aromatic carbocycles. The normalized spacial score (nSPS) is 10.3. The van der Waals surface area contributed by atoms with Crippen LogP contribution in [0.15, 0.2) is 64.7 Å². The number of benzene rings is 2. The molecule has 1 amide bonds. The van der Waals surface area contributed by atoms with Gasteiger partial charge in [0.2, 0.25) is 0 Å². The molecule has 0 saturated carbocycles. The van der Waals surface area contributed by atoms with Crippen molar-refractivity contribution in [1.29, 1.82) is 0 Å². The maximum Gasteiger partial charge on any atom is 0.280 e. The number of H-pyrrole nitrogens is 1. The maximum absolute atomic E-state index is 12.2. The fraction of sp³-hybridized carbons (Fsp3) is 0.100. The van der Waals surface area contributed by atoms with Crippen LogP contribution < -0.4 is 16.2 Å². The van der Waals surface area contributed by atoms with Gasteiger partial charge in [-0.2, -0.15) is 4.99 Å². The Morgan fingerprint density at radius 1 is 1.12 bits per heavy atom. The molecule has 13 heteroatoms. The molecule has 0 fully saturated rings. The first-order valence-corrected chi connectivity index (χ1v) is 11.2. The number of halogens is 2. The van der Waals surface area contributed by atoms with Crippen LogP contribution in [0.5, 0.6) is 11.5 Å². The molecule has 5 N–H and O–H groups in total. The molecule has 3 rings (SSSR count). The van der Waals surface area contributed by atoms with E-state index in [2.05, 4.69) is 15.0 Å². The molecule has 0 aliphatic rings. The highest BCUT2D eigenvalue weighted by atomic mass is 35.5. The van der Waals surface area contributed by atoms with E-state index < -0.39 is 21.7 Å². The lowest BCUT2D eigenvalue weighted by Crippen LogP contribution is -2.24. The summed E-state index contributed by atoms with van der Waals surface area (Å²) in [6.07, 6.45) is 4.89. The summed E-state index contributed by atoms with van der Waals surface area (Å²) in [6.45, 7) is 0. The van der Waals surface area contributed by atoms with Crippen molar-refractivity contribution < 1.29 is 17.9 Å². The molecule has 0 unspecified atom stereocenters. The minimum atomic E-state index is -3.71. The van der Waals surface area contributed by atoms with Crippen molar-refractivity contribution >= 4 is 63.6 Å². The van der Waals surface area contributed by atoms with Crippen LogP contribution in [0.1, 0.15) is 21.7 Å². The van der Waals surface area contributed by atoms with Gasteiger partial charge in [0.25, 0.3) is 5.91 Å². The third-order valence-corrected chi connectivity index (χ3v) is 5.61. The van der Waals surface area contributed by atoms with Crippen LogP contribution in [0, 0.1) is 0 Å². The third kappa shape index (κ3) is 7.53. The Morgan fingerprint density at radius 3 is 2.30 bits per heavy atom. The van der Waals surface area contributed by atoms with Gasteiger partial charge in [-0.1, -0.05) is 24.4 Å². The summed E-state index contributed by atoms with van der Waals surface area (Å²) in [5, 5.41) is 0. The highest BCUT2D eigenvalue weighted by Gasteiger charge is 2.19. The molecule has 3 aromatic rings. The van der Waals surface area contributed by atoms with Crippen LogP contribution >= 0.6 is 37.0 Å². The molecule has 176 valence electrons. The summed E-state index contributed by atoms with van der Waals surface area (Å²) in [4.78, 5) is 23.1. The largest absolute Gasteiger partial charge is 0.456 e. The van der Waals surface area contributed by atoms with Crippen molar-refractivity contribution in [2.24, 2.45) is 16.5 Å². The van der Waals surface area contributed by atoms with E-state index in [1.54, 1.807) is 36.7 Å². The number of rotatable bonds is 7. The smallest absolute Gasteiger partial charge is 0.280 e. The van der Waals surface area contributed by atoms with Gasteiger partial charge in [0, 0.05) is 35.5 Å². The summed E-state index contributed by atoms with van der Waals surface area (Å²) in [6, 6.07) is 10.8. The van der Waals surface area contributed by atoms with Crippen molar-refractivity contribution in [3.05, 3.63) is 71.8 Å². The van der Waals surface area contributed by atoms with Crippen molar-refractivity contribution in [3.63, 3.8) is 0 Å². The molecule has 0 radical (unpaired) electrons. The van der Waals surface area contributed by atoms with Gasteiger partial charge < -0.3 is 21.2 Å². The maximum atomic E-state index is 12.2. The second-order valence-corrected chi connectivity index (χ2v) is 9.01. The molecule has 1 heterocycles. The molecule has 0 atom stereocenters. The fourth-order valence-corrected chi connectivity index (χ4v) is 3.77. The van der Waals surface area contributed by atoms with Gasteiger partial charge in [0.15, 0.2) is 15.8 Å². The Morgan fingerprint density at radius 2 is 1.76 bits per heavy atom. The van der Waals surface area contributed by atoms with Crippen molar-refractivity contribution in [1.82, 2.24) is 9.97 Å². The minimum Gasteiger partial charge on any atom is -0.456 e. The monoisotopic (exact) mass is 529 g/mol. The number of hydrogen-bond acceptors (Lipinski definition) is 6. The number of ether oxygens (including phenoxy) is 1. The van der Waals surface area contributed by atoms with Gasteiger partial charge in [-0.25, -0.2) is 13.4 Å². The van der Waals surface area contributed by atoms with Crippen molar-refractivity contribution in [2.45, 2.75) is 11.3 Å². The minimum absolute atomic E-state index is 0. The average molecular weight is 530 g/mol. The third-order valence-electron chi connectivity index (χ3n) is 4.11. The zero-order valence-corrected chi connectivity index (χ0v) is 20.5. The van der Waals surface area contributed by atoms with E-state index in [0.717, 1.165) is 17.6 Å². The number of hydrogen-bond donors (Lipinski definition) is 3. The Bertz CT molecular complexity index is 1260. The summed E-state index contributed by atoms with van der Waals surface area (Å²) in [7, 11) is -3.71. The molecule has 0 bridgehead atoms. The van der Waals surface area contributed by atoms with E-state index >= 15 is 0 Å². The Balaban J connectivity index is 0.00000272. The number of aromatic nitrogens is 2. The van der Waals surface area contributed by atoms with E-state index in [9.17, 15) is 13.2 Å². The van der Waals surface area contributed by atoms with Crippen LogP contribution in [0.25, 0.3) is 0 Å². The first-order valence-electron chi connectivity index (χ1n) is 8.91. The lowest BCUT2D eigenvalue weighted by molar-refractivity contribution is 0.100. The number of nitrogens with two attached hydrogens (primary N) is 2. The highest BCUT2D eigenvalue weighted by Crippen LogP contribution is 2.30. The van der Waals surface area contributed by atoms with Gasteiger partial charge in [-0.05, 0) is 35.9 Å². The van der Waals surface area contributed by atoms with Gasteiger partial charge in [0.05, 0.1) is 0 Å². The molecule has 1 aromatic heterocycles. The van der Waals surface area contributed by atoms with E-state index in [1.165, 1.54) is 18.2 Å². The lowest BCUT2D eigenvalue weighted by Gasteiger charge is -2.12. The van der Waals surface area contributed by atoms with E-state index in [0.29, 0.717) is 17.0 Å². The zero-order chi connectivity index (χ0) is 22.6. The van der Waals surface area contributed by atoms with E-state index in [-0.39, 0.29) is 41.0 Å². The molecular weight excluding hydrogens is 509 g/mol. The molecule has 0 aliphatic heterocycles. The summed E-state index contributed by atoms with van der Waals surface area (Å²) < 4.78 is 30.2. The van der Waals surface area contributed by atoms with E-state index in [4.69, 9.17) is 28.4 Å². The molecule has 0 spiro atoms. The lowest BCUT2D eigenvalue weighted by atomic mass is 10.1. The molecule has 33 heavy (non-hydrogen) atoms. The Labute approximate surface area is 208 Å². The SMILES string of the molecule is CS(=O)(=O)c1cc(C(=O)N=C(N)N)ccc1Oc1ccc(C(=S)Cc2ncc[nH]2)cc1.Cl.Cl. The number of sulfone groups is 1. The number of aromatic amines is 1. The number of aliphatic imine (C=N–C) groups is 1. The van der Waals surface area contributed by atoms with Crippen molar-refractivity contribution in [2.75, 3.05) is 6.26 Å². The summed E-state index contributed by atoms with van der Waals surface area (Å²) in [5.41, 5.74) is 11.2. The Kier molecular flexibility index (Phi) is 9.99. The number of imidazole rings is 1. The summed E-state index contributed by atoms with van der Waals surface area (Å²) in [5.74, 6) is 0.0491. The van der Waals surface area contributed by atoms with Crippen LogP contribution in [0.3, 0.4) is 0 Å². The quantitative estimate of drug-likeness (QED) is 0.182. The fourth-order valence-electron chi connectivity index (χ4n) is 2.68. The van der Waals surface area contributed by atoms with Gasteiger partial charge in [-0.15, -0.1) is 24.8 Å². The second-order valence-electron chi connectivity index (χ2n) is 6.54. The van der Waals surface area contributed by atoms with Crippen LogP contribution in [0.4, 0.5) is 0 Å². The summed E-state index contributed by atoms with van der Waals surface area (Å²) >= 11 is 5.44. The zero-order valence-electron chi connectivity index (χ0n) is 17.2. The molecular formula is C20H21Cl2N5O4S2. The first kappa shape index (κ1) is 28.0. The molecule has 0 saturated heterocycles. The van der Waals surface area contributed by atoms with Gasteiger partial charge in [0.1, 0.15) is 22.2 Å². The number of nitrogens with zero attached hydrogens (tertiary/aromatic N) is 2. The first-order chi connectivity index (χ1) is 14.6. The molecule has 9 nitrogen and oxygen atoms in total. The van der Waals surface area contributed by atoms with Gasteiger partial charge in [-0.3, -0.25) is 4.79 Å². The number of amides is 1. The highest BCUT2D eigenvalue weighted by molar-refractivity contribution is 7.90. The number of carbonyl (C=O) groups excluding carboxylic acids is 1. The second kappa shape index (κ2) is 11.8. The predicted octanol–water partition coefficient (Wildman–Crippen LogP) is 2.82. The van der Waals surface area contributed by atoms with Gasteiger partial charge >= 0.3 is 0 Å². The van der Waals surface area contributed by atoms with Crippen LogP contribution in [-0.4, -0.2) is 41.4 Å². The molecule has 0 aliphatic carbocycles. The number of carbonyl (C=O) groups is 1. The standard InChI is InChI=1S/C20H19N5O4S2.2ClH/c1-31(27,28)17-10-13(19(26)25-20(21)22)4-7-15(17)29-14-5-2-12(3-6-14)16(30)11-18-23-8-9-24-18;;/h2-10H,11H2,1H3,(H,23,24)(H4,21,22,25,26);2*1H. The number of thiocarbonyl (C=S) groups is 1. The van der Waals surface area contributed by atoms with E-state index in [1.807, 2.05) is 0 Å². The van der Waals surface area contributed by atoms with Crippen LogP contribution in [0.2, 0.25) is 0 Å². The van der Waals surface area contributed by atoms with Crippen LogP contribution in [-0.2, 0) is 16.3 Å².